The monoisotopic (exact) mass is 184 g/mol. The maximum atomic E-state index is 10.2. The summed E-state index contributed by atoms with van der Waals surface area (Å²) in [7, 11) is 0. The zero-order valence-electron chi connectivity index (χ0n) is 6.52. The lowest BCUT2D eigenvalue weighted by Crippen LogP contribution is -1.98. The zero-order valence-corrected chi connectivity index (χ0v) is 7.34. The number of nitrogens with zero attached hydrogens (tertiary/aromatic N) is 2. The molecule has 0 saturated carbocycles. The lowest BCUT2D eigenvalue weighted by molar-refractivity contribution is -0.133. The topological polar surface area (TPSA) is 63.1 Å². The fourth-order valence-electron chi connectivity index (χ4n) is 0.599. The van der Waals surface area contributed by atoms with Gasteiger partial charge in [0.1, 0.15) is 5.03 Å². The van der Waals surface area contributed by atoms with Crippen molar-refractivity contribution >= 4 is 17.7 Å². The maximum absolute atomic E-state index is 10.2. The number of aliphatic carboxylic acids is 1. The van der Waals surface area contributed by atoms with Crippen LogP contribution in [0.25, 0.3) is 0 Å². The van der Waals surface area contributed by atoms with Gasteiger partial charge in [-0.1, -0.05) is 11.8 Å². The van der Waals surface area contributed by atoms with E-state index in [4.69, 9.17) is 5.11 Å². The van der Waals surface area contributed by atoms with Gasteiger partial charge in [-0.3, -0.25) is 4.79 Å². The van der Waals surface area contributed by atoms with Crippen molar-refractivity contribution < 1.29 is 9.90 Å². The Bertz CT molecular complexity index is 273. The first-order valence-corrected chi connectivity index (χ1v) is 4.32. The van der Waals surface area contributed by atoms with Gasteiger partial charge in [-0.05, 0) is 19.1 Å². The summed E-state index contributed by atoms with van der Waals surface area (Å²) in [6.07, 6.45) is 0. The van der Waals surface area contributed by atoms with Gasteiger partial charge in [0.15, 0.2) is 0 Å². The number of carboxylic acid groups (broad SMARTS) is 1. The molecule has 0 atom stereocenters. The van der Waals surface area contributed by atoms with Gasteiger partial charge < -0.3 is 5.11 Å². The molecule has 1 aromatic heterocycles. The molecule has 0 aliphatic heterocycles. The van der Waals surface area contributed by atoms with E-state index in [9.17, 15) is 4.79 Å². The molecule has 12 heavy (non-hydrogen) atoms. The Morgan fingerprint density at radius 1 is 1.58 bits per heavy atom. The molecular formula is C7H8N2O2S. The highest BCUT2D eigenvalue weighted by Crippen LogP contribution is 2.12. The first-order valence-electron chi connectivity index (χ1n) is 3.33. The lowest BCUT2D eigenvalue weighted by Gasteiger charge is -1.95. The summed E-state index contributed by atoms with van der Waals surface area (Å²) in [6, 6.07) is 3.56. The van der Waals surface area contributed by atoms with Crippen LogP contribution in [0, 0.1) is 6.92 Å². The number of carbonyl (C=O) groups is 1. The Kier molecular flexibility index (Phi) is 3.04. The van der Waals surface area contributed by atoms with Gasteiger partial charge in [0.05, 0.1) is 11.4 Å². The minimum atomic E-state index is -0.845. The smallest absolute Gasteiger partial charge is 0.313 e. The van der Waals surface area contributed by atoms with Gasteiger partial charge in [-0.15, -0.1) is 5.10 Å². The third-order valence-corrected chi connectivity index (χ3v) is 2.02. The van der Waals surface area contributed by atoms with Gasteiger partial charge in [-0.25, -0.2) is 0 Å². The van der Waals surface area contributed by atoms with E-state index < -0.39 is 5.97 Å². The van der Waals surface area contributed by atoms with Crippen molar-refractivity contribution in [2.24, 2.45) is 0 Å². The van der Waals surface area contributed by atoms with Crippen LogP contribution in [0.5, 0.6) is 0 Å². The van der Waals surface area contributed by atoms with E-state index in [1.807, 2.05) is 6.92 Å². The van der Waals surface area contributed by atoms with E-state index >= 15 is 0 Å². The fraction of sp³-hybridized carbons (Fsp3) is 0.286. The first kappa shape index (κ1) is 8.99. The third kappa shape index (κ3) is 2.87. The zero-order chi connectivity index (χ0) is 8.97. The molecule has 0 bridgehead atoms. The molecule has 1 rings (SSSR count). The Morgan fingerprint density at radius 2 is 2.33 bits per heavy atom. The van der Waals surface area contributed by atoms with Crippen LogP contribution < -0.4 is 0 Å². The normalized spacial score (nSPS) is 9.75. The van der Waals surface area contributed by atoms with Gasteiger partial charge in [0.25, 0.3) is 0 Å². The van der Waals surface area contributed by atoms with Crippen molar-refractivity contribution in [2.75, 3.05) is 5.75 Å². The quantitative estimate of drug-likeness (QED) is 0.709. The summed E-state index contributed by atoms with van der Waals surface area (Å²) in [5.74, 6) is -0.819. The molecule has 0 radical (unpaired) electrons. The summed E-state index contributed by atoms with van der Waals surface area (Å²) in [6.45, 7) is 1.83. The highest BCUT2D eigenvalue weighted by molar-refractivity contribution is 7.99. The van der Waals surface area contributed by atoms with Crippen LogP contribution in [0.15, 0.2) is 17.2 Å². The van der Waals surface area contributed by atoms with Crippen LogP contribution in [0.4, 0.5) is 0 Å². The van der Waals surface area contributed by atoms with E-state index in [-0.39, 0.29) is 5.75 Å². The van der Waals surface area contributed by atoms with E-state index in [0.717, 1.165) is 17.5 Å². The second-order valence-electron chi connectivity index (χ2n) is 2.20. The summed E-state index contributed by atoms with van der Waals surface area (Å²) < 4.78 is 0. The van der Waals surface area contributed by atoms with Crippen molar-refractivity contribution in [3.8, 4) is 0 Å². The minimum absolute atomic E-state index is 0.0255. The van der Waals surface area contributed by atoms with Crippen LogP contribution >= 0.6 is 11.8 Å². The number of carboxylic acids is 1. The van der Waals surface area contributed by atoms with Crippen molar-refractivity contribution in [1.29, 1.82) is 0 Å². The van der Waals surface area contributed by atoms with Gasteiger partial charge in [0.2, 0.25) is 0 Å². The number of hydrogen-bond donors (Lipinski definition) is 1. The molecule has 1 aromatic rings. The molecule has 0 saturated heterocycles. The maximum Gasteiger partial charge on any atom is 0.313 e. The molecular weight excluding hydrogens is 176 g/mol. The largest absolute Gasteiger partial charge is 0.481 e. The molecule has 1 N–H and O–H groups in total. The molecule has 0 spiro atoms. The van der Waals surface area contributed by atoms with Crippen LogP contribution in [0.2, 0.25) is 0 Å². The second kappa shape index (κ2) is 4.06. The molecule has 0 aliphatic rings. The van der Waals surface area contributed by atoms with E-state index in [1.54, 1.807) is 12.1 Å². The molecule has 4 nitrogen and oxygen atoms in total. The Balaban J connectivity index is 2.53. The number of rotatable bonds is 3. The average molecular weight is 184 g/mol. The SMILES string of the molecule is Cc1ccc(SCC(=O)O)nn1. The van der Waals surface area contributed by atoms with E-state index in [2.05, 4.69) is 10.2 Å². The van der Waals surface area contributed by atoms with E-state index in [0.29, 0.717) is 5.03 Å². The van der Waals surface area contributed by atoms with Crippen LogP contribution in [0.1, 0.15) is 5.69 Å². The van der Waals surface area contributed by atoms with E-state index in [1.165, 1.54) is 0 Å². The lowest BCUT2D eigenvalue weighted by atomic mass is 10.4. The predicted molar refractivity (Wildman–Crippen MR) is 45.1 cm³/mol. The average Bonchev–Trinajstić information content (AvgIpc) is 2.03. The summed E-state index contributed by atoms with van der Waals surface area (Å²) in [5, 5.41) is 16.6. The Labute approximate surface area is 74.0 Å². The summed E-state index contributed by atoms with van der Waals surface area (Å²) in [4.78, 5) is 10.2. The second-order valence-corrected chi connectivity index (χ2v) is 3.19. The molecule has 5 heteroatoms. The van der Waals surface area contributed by atoms with Crippen molar-refractivity contribution in [3.63, 3.8) is 0 Å². The van der Waals surface area contributed by atoms with Gasteiger partial charge >= 0.3 is 5.97 Å². The van der Waals surface area contributed by atoms with Crippen molar-refractivity contribution in [2.45, 2.75) is 11.9 Å². The van der Waals surface area contributed by atoms with Crippen LogP contribution in [-0.4, -0.2) is 27.0 Å². The molecule has 1 heterocycles. The van der Waals surface area contributed by atoms with Crippen LogP contribution in [0.3, 0.4) is 0 Å². The summed E-state index contributed by atoms with van der Waals surface area (Å²) in [5.41, 5.74) is 0.828. The Morgan fingerprint density at radius 3 is 2.83 bits per heavy atom. The highest BCUT2D eigenvalue weighted by Gasteiger charge is 2.00. The molecule has 0 amide bonds. The number of hydrogen-bond acceptors (Lipinski definition) is 4. The van der Waals surface area contributed by atoms with Gasteiger partial charge in [0, 0.05) is 0 Å². The fourth-order valence-corrected chi connectivity index (χ4v) is 1.13. The highest BCUT2D eigenvalue weighted by atomic mass is 32.2. The minimum Gasteiger partial charge on any atom is -0.481 e. The molecule has 0 aromatic carbocycles. The number of thioether (sulfide) groups is 1. The number of aryl methyl sites for hydroxylation is 1. The van der Waals surface area contributed by atoms with Crippen molar-refractivity contribution in [1.82, 2.24) is 10.2 Å². The molecule has 0 fully saturated rings. The third-order valence-electron chi connectivity index (χ3n) is 1.12. The Hall–Kier alpha value is -1.10. The summed E-state index contributed by atoms with van der Waals surface area (Å²) >= 11 is 1.16. The molecule has 0 aliphatic carbocycles. The standard InChI is InChI=1S/C7H8N2O2S/c1-5-2-3-6(9-8-5)12-4-7(10)11/h2-3H,4H2,1H3,(H,10,11). The number of aromatic nitrogens is 2. The first-order chi connectivity index (χ1) is 5.68. The van der Waals surface area contributed by atoms with Crippen molar-refractivity contribution in [3.05, 3.63) is 17.8 Å². The van der Waals surface area contributed by atoms with Crippen LogP contribution in [-0.2, 0) is 4.79 Å². The molecule has 64 valence electrons. The molecule has 0 unspecified atom stereocenters. The van der Waals surface area contributed by atoms with Gasteiger partial charge in [-0.2, -0.15) is 5.10 Å². The predicted octanol–water partition coefficient (Wildman–Crippen LogP) is 0.962.